The first-order chi connectivity index (χ1) is 8.17. The Balaban J connectivity index is 1.64. The van der Waals surface area contributed by atoms with Gasteiger partial charge in [0, 0.05) is 18.6 Å². The van der Waals surface area contributed by atoms with E-state index < -0.39 is 0 Å². The summed E-state index contributed by atoms with van der Waals surface area (Å²) in [6.07, 6.45) is 2.77. The van der Waals surface area contributed by atoms with Gasteiger partial charge in [-0.1, -0.05) is 30.3 Å². The van der Waals surface area contributed by atoms with E-state index in [0.29, 0.717) is 12.3 Å². The van der Waals surface area contributed by atoms with Gasteiger partial charge in [0.1, 0.15) is 0 Å². The number of amides is 1. The molecule has 1 aromatic rings. The van der Waals surface area contributed by atoms with Crippen molar-refractivity contribution in [1.82, 2.24) is 4.90 Å². The normalized spacial score (nSPS) is 30.9. The average molecular weight is 230 g/mol. The molecule has 3 rings (SSSR count). The molecule has 3 nitrogen and oxygen atoms in total. The van der Waals surface area contributed by atoms with E-state index in [-0.39, 0.29) is 11.4 Å². The monoisotopic (exact) mass is 230 g/mol. The number of nitrogens with two attached hydrogens (primary N) is 1. The van der Waals surface area contributed by atoms with Gasteiger partial charge in [-0.15, -0.1) is 0 Å². The zero-order chi connectivity index (χ0) is 11.9. The van der Waals surface area contributed by atoms with Crippen LogP contribution >= 0.6 is 0 Å². The Labute approximate surface area is 102 Å². The minimum Gasteiger partial charge on any atom is -0.340 e. The lowest BCUT2D eigenvalue weighted by Gasteiger charge is -2.39. The van der Waals surface area contributed by atoms with Crippen molar-refractivity contribution in [3.8, 4) is 0 Å². The summed E-state index contributed by atoms with van der Waals surface area (Å²) < 4.78 is 0. The lowest BCUT2D eigenvalue weighted by Crippen LogP contribution is -2.54. The summed E-state index contributed by atoms with van der Waals surface area (Å²) in [5.41, 5.74) is 7.26. The van der Waals surface area contributed by atoms with Gasteiger partial charge in [-0.3, -0.25) is 4.79 Å². The Morgan fingerprint density at radius 2 is 2.18 bits per heavy atom. The maximum Gasteiger partial charge on any atom is 0.227 e. The van der Waals surface area contributed by atoms with Crippen molar-refractivity contribution >= 4 is 5.91 Å². The third-order valence-corrected chi connectivity index (χ3v) is 4.25. The first-order valence-corrected chi connectivity index (χ1v) is 6.28. The molecule has 2 unspecified atom stereocenters. The topological polar surface area (TPSA) is 46.3 Å². The van der Waals surface area contributed by atoms with Crippen LogP contribution in [0.4, 0.5) is 0 Å². The van der Waals surface area contributed by atoms with Gasteiger partial charge in [-0.2, -0.15) is 0 Å². The van der Waals surface area contributed by atoms with E-state index in [0.717, 1.165) is 25.1 Å². The van der Waals surface area contributed by atoms with Gasteiger partial charge in [0.05, 0.1) is 6.42 Å². The molecule has 2 atom stereocenters. The Hall–Kier alpha value is -1.35. The molecule has 2 fully saturated rings. The molecule has 2 aliphatic rings. The van der Waals surface area contributed by atoms with Crippen molar-refractivity contribution < 1.29 is 4.79 Å². The van der Waals surface area contributed by atoms with Crippen molar-refractivity contribution in [3.05, 3.63) is 35.9 Å². The van der Waals surface area contributed by atoms with Gasteiger partial charge in [0.25, 0.3) is 0 Å². The van der Waals surface area contributed by atoms with Gasteiger partial charge in [0.15, 0.2) is 0 Å². The van der Waals surface area contributed by atoms with E-state index in [1.165, 1.54) is 6.42 Å². The maximum atomic E-state index is 12.1. The number of rotatable bonds is 2. The van der Waals surface area contributed by atoms with Crippen LogP contribution in [0, 0.1) is 5.92 Å². The fraction of sp³-hybridized carbons (Fsp3) is 0.500. The molecule has 0 bridgehead atoms. The molecule has 1 amide bonds. The van der Waals surface area contributed by atoms with E-state index >= 15 is 0 Å². The molecule has 1 heterocycles. The molecule has 0 spiro atoms. The SMILES string of the molecule is NC12CCC1CN(C(=O)Cc1ccccc1)C2. The Kier molecular flexibility index (Phi) is 2.44. The number of benzene rings is 1. The van der Waals surface area contributed by atoms with E-state index in [9.17, 15) is 4.79 Å². The van der Waals surface area contributed by atoms with Crippen LogP contribution < -0.4 is 5.73 Å². The van der Waals surface area contributed by atoms with Crippen molar-refractivity contribution in [3.63, 3.8) is 0 Å². The first-order valence-electron chi connectivity index (χ1n) is 6.28. The van der Waals surface area contributed by atoms with E-state index in [1.807, 2.05) is 35.2 Å². The predicted molar refractivity (Wildman–Crippen MR) is 66.4 cm³/mol. The summed E-state index contributed by atoms with van der Waals surface area (Å²) in [6, 6.07) is 9.92. The highest BCUT2D eigenvalue weighted by Gasteiger charge is 2.51. The standard InChI is InChI=1S/C14H18N2O/c15-14-7-6-12(14)9-16(10-14)13(17)8-11-4-2-1-3-5-11/h1-5,12H,6-10,15H2. The Morgan fingerprint density at radius 3 is 2.71 bits per heavy atom. The molecule has 17 heavy (non-hydrogen) atoms. The fourth-order valence-corrected chi connectivity index (χ4v) is 2.96. The molecule has 90 valence electrons. The van der Waals surface area contributed by atoms with Crippen LogP contribution in [0.3, 0.4) is 0 Å². The number of fused-ring (bicyclic) bond motifs is 1. The van der Waals surface area contributed by atoms with Crippen molar-refractivity contribution in [2.75, 3.05) is 13.1 Å². The second-order valence-electron chi connectivity index (χ2n) is 5.41. The summed E-state index contributed by atoms with van der Waals surface area (Å²) >= 11 is 0. The molecular formula is C14H18N2O. The number of hydrogen-bond acceptors (Lipinski definition) is 2. The lowest BCUT2D eigenvalue weighted by atomic mass is 9.70. The molecule has 1 aliphatic heterocycles. The second kappa shape index (κ2) is 3.84. The van der Waals surface area contributed by atoms with Crippen LogP contribution in [0.15, 0.2) is 30.3 Å². The van der Waals surface area contributed by atoms with Crippen LogP contribution in [0.2, 0.25) is 0 Å². The fourth-order valence-electron chi connectivity index (χ4n) is 2.96. The molecule has 0 radical (unpaired) electrons. The zero-order valence-corrected chi connectivity index (χ0v) is 9.93. The number of nitrogens with zero attached hydrogens (tertiary/aromatic N) is 1. The summed E-state index contributed by atoms with van der Waals surface area (Å²) in [7, 11) is 0. The van der Waals surface area contributed by atoms with Crippen LogP contribution in [0.5, 0.6) is 0 Å². The maximum absolute atomic E-state index is 12.1. The van der Waals surface area contributed by atoms with Crippen LogP contribution in [-0.2, 0) is 11.2 Å². The number of carbonyl (C=O) groups excluding carboxylic acids is 1. The van der Waals surface area contributed by atoms with Gasteiger partial charge >= 0.3 is 0 Å². The zero-order valence-electron chi connectivity index (χ0n) is 9.93. The van der Waals surface area contributed by atoms with Gasteiger partial charge in [-0.25, -0.2) is 0 Å². The Bertz CT molecular complexity index is 431. The van der Waals surface area contributed by atoms with Gasteiger partial charge < -0.3 is 10.6 Å². The highest BCUT2D eigenvalue weighted by Crippen LogP contribution is 2.42. The van der Waals surface area contributed by atoms with E-state index in [4.69, 9.17) is 5.73 Å². The third kappa shape index (κ3) is 1.84. The molecule has 0 aromatic heterocycles. The number of carbonyl (C=O) groups is 1. The molecule has 2 N–H and O–H groups in total. The molecule has 1 aromatic carbocycles. The van der Waals surface area contributed by atoms with Crippen LogP contribution in [0.25, 0.3) is 0 Å². The quantitative estimate of drug-likeness (QED) is 0.829. The molecule has 1 saturated carbocycles. The smallest absolute Gasteiger partial charge is 0.227 e. The van der Waals surface area contributed by atoms with Crippen LogP contribution in [0.1, 0.15) is 18.4 Å². The summed E-state index contributed by atoms with van der Waals surface area (Å²) in [5, 5.41) is 0. The predicted octanol–water partition coefficient (Wildman–Crippen LogP) is 1.18. The molecule has 1 saturated heterocycles. The van der Waals surface area contributed by atoms with Crippen molar-refractivity contribution in [2.45, 2.75) is 24.8 Å². The second-order valence-corrected chi connectivity index (χ2v) is 5.41. The summed E-state index contributed by atoms with van der Waals surface area (Å²) in [6.45, 7) is 1.62. The molecule has 1 aliphatic carbocycles. The van der Waals surface area contributed by atoms with Crippen LogP contribution in [-0.4, -0.2) is 29.4 Å². The highest BCUT2D eigenvalue weighted by molar-refractivity contribution is 5.79. The van der Waals surface area contributed by atoms with Gasteiger partial charge in [0.2, 0.25) is 5.91 Å². The third-order valence-electron chi connectivity index (χ3n) is 4.25. The largest absolute Gasteiger partial charge is 0.340 e. The summed E-state index contributed by atoms with van der Waals surface area (Å²) in [4.78, 5) is 14.1. The van der Waals surface area contributed by atoms with Gasteiger partial charge in [-0.05, 0) is 24.3 Å². The number of hydrogen-bond donors (Lipinski definition) is 1. The molecule has 3 heteroatoms. The Morgan fingerprint density at radius 1 is 1.41 bits per heavy atom. The van der Waals surface area contributed by atoms with E-state index in [2.05, 4.69) is 0 Å². The minimum absolute atomic E-state index is 0.0631. The highest BCUT2D eigenvalue weighted by atomic mass is 16.2. The number of likely N-dealkylation sites (tertiary alicyclic amines) is 1. The molecular weight excluding hydrogens is 212 g/mol. The first kappa shape index (κ1) is 10.8. The summed E-state index contributed by atoms with van der Waals surface area (Å²) in [5.74, 6) is 0.762. The van der Waals surface area contributed by atoms with E-state index in [1.54, 1.807) is 0 Å². The van der Waals surface area contributed by atoms with Crippen molar-refractivity contribution in [1.29, 1.82) is 0 Å². The average Bonchev–Trinajstić information content (AvgIpc) is 2.55. The lowest BCUT2D eigenvalue weighted by molar-refractivity contribution is -0.129. The minimum atomic E-state index is -0.0631. The van der Waals surface area contributed by atoms with Crippen molar-refractivity contribution in [2.24, 2.45) is 11.7 Å².